The van der Waals surface area contributed by atoms with Gasteiger partial charge in [0.05, 0.1) is 6.20 Å². The number of aromatic nitrogens is 3. The van der Waals surface area contributed by atoms with Crippen LogP contribution < -0.4 is 4.90 Å². The van der Waals surface area contributed by atoms with Gasteiger partial charge in [-0.25, -0.2) is 9.50 Å². The van der Waals surface area contributed by atoms with Gasteiger partial charge in [-0.1, -0.05) is 0 Å². The fourth-order valence-electron chi connectivity index (χ4n) is 1.84. The van der Waals surface area contributed by atoms with Gasteiger partial charge in [0.2, 0.25) is 5.91 Å². The number of hydrogen-bond donors (Lipinski definition) is 0. The largest absolute Gasteiger partial charge is 0.297 e. The highest BCUT2D eigenvalue weighted by molar-refractivity contribution is 5.94. The molecule has 5 heteroatoms. The van der Waals surface area contributed by atoms with Gasteiger partial charge in [-0.15, -0.1) is 0 Å². The number of carbonyl (C=O) groups is 1. The molecule has 0 unspecified atom stereocenters. The molecule has 0 spiro atoms. The minimum Gasteiger partial charge on any atom is -0.297 e. The number of amides is 1. The highest BCUT2D eigenvalue weighted by Gasteiger charge is 2.22. The Kier molecular flexibility index (Phi) is 1.71. The number of rotatable bonds is 1. The van der Waals surface area contributed by atoms with Crippen molar-refractivity contribution in [2.24, 2.45) is 0 Å². The lowest BCUT2D eigenvalue weighted by Crippen LogP contribution is -2.24. The van der Waals surface area contributed by atoms with Crippen molar-refractivity contribution in [1.82, 2.24) is 14.6 Å². The second-order valence-electron chi connectivity index (χ2n) is 3.57. The summed E-state index contributed by atoms with van der Waals surface area (Å²) in [6.07, 6.45) is 5.07. The molecule has 0 N–H and O–H groups in total. The van der Waals surface area contributed by atoms with Crippen LogP contribution in [0, 0.1) is 0 Å². The molecule has 15 heavy (non-hydrogen) atoms. The second kappa shape index (κ2) is 3.05. The molecule has 2 aromatic rings. The molecule has 5 nitrogen and oxygen atoms in total. The van der Waals surface area contributed by atoms with Crippen molar-refractivity contribution >= 4 is 17.4 Å². The number of carbonyl (C=O) groups excluding carboxylic acids is 1. The first-order chi connectivity index (χ1) is 7.34. The van der Waals surface area contributed by atoms with Crippen LogP contribution in [0.3, 0.4) is 0 Å². The zero-order valence-electron chi connectivity index (χ0n) is 8.13. The van der Waals surface area contributed by atoms with Gasteiger partial charge in [-0.3, -0.25) is 9.69 Å². The van der Waals surface area contributed by atoms with Crippen molar-refractivity contribution in [3.8, 4) is 0 Å². The van der Waals surface area contributed by atoms with Crippen molar-refractivity contribution in [2.45, 2.75) is 12.8 Å². The maximum Gasteiger partial charge on any atom is 0.228 e. The summed E-state index contributed by atoms with van der Waals surface area (Å²) in [5, 5.41) is 4.06. The number of hydrogen-bond acceptors (Lipinski definition) is 3. The lowest BCUT2D eigenvalue weighted by atomic mass is 10.4. The number of fused-ring (bicyclic) bond motifs is 1. The van der Waals surface area contributed by atoms with E-state index in [1.54, 1.807) is 15.6 Å². The Bertz CT molecular complexity index is 519. The monoisotopic (exact) mass is 202 g/mol. The average Bonchev–Trinajstić information content (AvgIpc) is 2.84. The van der Waals surface area contributed by atoms with E-state index in [9.17, 15) is 4.79 Å². The lowest BCUT2D eigenvalue weighted by Gasteiger charge is -2.13. The molecule has 0 bridgehead atoms. The predicted molar refractivity (Wildman–Crippen MR) is 54.6 cm³/mol. The molecule has 0 aliphatic carbocycles. The van der Waals surface area contributed by atoms with Crippen LogP contribution in [0.25, 0.3) is 5.65 Å². The molecule has 0 radical (unpaired) electrons. The van der Waals surface area contributed by atoms with Gasteiger partial charge in [0.25, 0.3) is 0 Å². The summed E-state index contributed by atoms with van der Waals surface area (Å²) in [6, 6.07) is 3.65. The third-order valence-corrected chi connectivity index (χ3v) is 2.59. The van der Waals surface area contributed by atoms with Crippen LogP contribution in [0.4, 0.5) is 5.82 Å². The maximum atomic E-state index is 11.5. The van der Waals surface area contributed by atoms with E-state index in [2.05, 4.69) is 10.1 Å². The van der Waals surface area contributed by atoms with Crippen molar-refractivity contribution < 1.29 is 4.79 Å². The highest BCUT2D eigenvalue weighted by atomic mass is 16.2. The molecule has 1 fully saturated rings. The van der Waals surface area contributed by atoms with Crippen LogP contribution in [0.5, 0.6) is 0 Å². The van der Waals surface area contributed by atoms with Crippen molar-refractivity contribution in [1.29, 1.82) is 0 Å². The summed E-state index contributed by atoms with van der Waals surface area (Å²) < 4.78 is 1.68. The molecule has 3 heterocycles. The minimum absolute atomic E-state index is 0.159. The molecule has 1 saturated heterocycles. The van der Waals surface area contributed by atoms with Gasteiger partial charge in [0.15, 0.2) is 5.65 Å². The van der Waals surface area contributed by atoms with Crippen LogP contribution >= 0.6 is 0 Å². The Morgan fingerprint density at radius 3 is 3.07 bits per heavy atom. The van der Waals surface area contributed by atoms with E-state index in [-0.39, 0.29) is 5.91 Å². The Morgan fingerprint density at radius 2 is 2.27 bits per heavy atom. The summed E-state index contributed by atoms with van der Waals surface area (Å²) in [6.45, 7) is 0.774. The Hall–Kier alpha value is -1.91. The first kappa shape index (κ1) is 8.40. The van der Waals surface area contributed by atoms with Crippen LogP contribution in [0.15, 0.2) is 24.5 Å². The fourth-order valence-corrected chi connectivity index (χ4v) is 1.84. The molecule has 0 atom stereocenters. The van der Waals surface area contributed by atoms with E-state index in [0.29, 0.717) is 6.42 Å². The van der Waals surface area contributed by atoms with Crippen LogP contribution in [0.1, 0.15) is 12.8 Å². The highest BCUT2D eigenvalue weighted by Crippen LogP contribution is 2.19. The molecule has 1 aliphatic rings. The van der Waals surface area contributed by atoms with E-state index in [1.165, 1.54) is 0 Å². The van der Waals surface area contributed by atoms with Crippen LogP contribution in [-0.2, 0) is 4.79 Å². The molecule has 1 aliphatic heterocycles. The van der Waals surface area contributed by atoms with Gasteiger partial charge in [0, 0.05) is 25.2 Å². The maximum absolute atomic E-state index is 11.5. The van der Waals surface area contributed by atoms with E-state index in [1.807, 2.05) is 18.3 Å². The van der Waals surface area contributed by atoms with Crippen molar-refractivity contribution in [2.75, 3.05) is 11.4 Å². The topological polar surface area (TPSA) is 50.5 Å². The number of anilines is 1. The molecular formula is C10H10N4O. The average molecular weight is 202 g/mol. The Balaban J connectivity index is 2.06. The fraction of sp³-hybridized carbons (Fsp3) is 0.300. The molecule has 76 valence electrons. The Morgan fingerprint density at radius 1 is 1.33 bits per heavy atom. The van der Waals surface area contributed by atoms with E-state index < -0.39 is 0 Å². The normalized spacial score (nSPS) is 16.5. The first-order valence-corrected chi connectivity index (χ1v) is 4.95. The second-order valence-corrected chi connectivity index (χ2v) is 3.57. The van der Waals surface area contributed by atoms with Crippen molar-refractivity contribution in [3.63, 3.8) is 0 Å². The van der Waals surface area contributed by atoms with E-state index in [4.69, 9.17) is 0 Å². The zero-order valence-corrected chi connectivity index (χ0v) is 8.13. The standard InChI is InChI=1S/C10H10N4O/c15-10-2-1-6-13(10)8-4-7-14-9(12-8)3-5-11-14/h3-5,7H,1-2,6H2. The molecule has 3 rings (SSSR count). The molecule has 0 saturated carbocycles. The molecular weight excluding hydrogens is 192 g/mol. The molecule has 1 amide bonds. The molecule has 0 aromatic carbocycles. The quantitative estimate of drug-likeness (QED) is 0.689. The van der Waals surface area contributed by atoms with Crippen molar-refractivity contribution in [3.05, 3.63) is 24.5 Å². The lowest BCUT2D eigenvalue weighted by molar-refractivity contribution is -0.117. The predicted octanol–water partition coefficient (Wildman–Crippen LogP) is 0.856. The summed E-state index contributed by atoms with van der Waals surface area (Å²) in [5.41, 5.74) is 0.771. The zero-order chi connectivity index (χ0) is 10.3. The van der Waals surface area contributed by atoms with E-state index >= 15 is 0 Å². The summed E-state index contributed by atoms with van der Waals surface area (Å²) in [5.74, 6) is 0.886. The third-order valence-electron chi connectivity index (χ3n) is 2.59. The van der Waals surface area contributed by atoms with Gasteiger partial charge in [0.1, 0.15) is 5.82 Å². The Labute approximate surface area is 86.3 Å². The molecule has 2 aromatic heterocycles. The van der Waals surface area contributed by atoms with Crippen LogP contribution in [0.2, 0.25) is 0 Å². The first-order valence-electron chi connectivity index (χ1n) is 4.95. The van der Waals surface area contributed by atoms with Gasteiger partial charge >= 0.3 is 0 Å². The number of nitrogens with zero attached hydrogens (tertiary/aromatic N) is 4. The third kappa shape index (κ3) is 1.27. The SMILES string of the molecule is O=C1CCCN1c1ccn2nccc2n1. The summed E-state index contributed by atoms with van der Waals surface area (Å²) in [4.78, 5) is 17.6. The summed E-state index contributed by atoms with van der Waals surface area (Å²) in [7, 11) is 0. The van der Waals surface area contributed by atoms with Gasteiger partial charge in [-0.05, 0) is 12.5 Å². The smallest absolute Gasteiger partial charge is 0.228 e. The van der Waals surface area contributed by atoms with Gasteiger partial charge < -0.3 is 0 Å². The minimum atomic E-state index is 0.159. The summed E-state index contributed by atoms with van der Waals surface area (Å²) >= 11 is 0. The van der Waals surface area contributed by atoms with Crippen LogP contribution in [-0.4, -0.2) is 27.0 Å². The van der Waals surface area contributed by atoms with Gasteiger partial charge in [-0.2, -0.15) is 5.10 Å². The van der Waals surface area contributed by atoms with E-state index in [0.717, 1.165) is 24.4 Å².